The average Bonchev–Trinajstić information content (AvgIpc) is 2.38. The third kappa shape index (κ3) is 3.30. The highest BCUT2D eigenvalue weighted by molar-refractivity contribution is 5.35. The Bertz CT molecular complexity index is 341. The van der Waals surface area contributed by atoms with Gasteiger partial charge in [-0.2, -0.15) is 0 Å². The second-order valence-corrected chi connectivity index (χ2v) is 4.71. The first-order valence-electron chi connectivity index (χ1n) is 6.22. The number of hydrogen-bond donors (Lipinski definition) is 3. The molecule has 1 aromatic rings. The van der Waals surface area contributed by atoms with Crippen LogP contribution in [0.5, 0.6) is 0 Å². The summed E-state index contributed by atoms with van der Waals surface area (Å²) in [5, 5.41) is 12.5. The van der Waals surface area contributed by atoms with E-state index >= 15 is 0 Å². The van der Waals surface area contributed by atoms with Crippen LogP contribution in [0.15, 0.2) is 12.4 Å². The molecular weight excluding hydrogens is 216 g/mol. The molecule has 1 heterocycles. The number of rotatable bonds is 4. The van der Waals surface area contributed by atoms with Gasteiger partial charge in [0.2, 0.25) is 5.95 Å². The monoisotopic (exact) mass is 236 g/mol. The summed E-state index contributed by atoms with van der Waals surface area (Å²) in [6.07, 6.45) is 7.99. The lowest BCUT2D eigenvalue weighted by molar-refractivity contribution is 0.141. The Morgan fingerprint density at radius 3 is 2.53 bits per heavy atom. The van der Waals surface area contributed by atoms with Crippen LogP contribution in [0.3, 0.4) is 0 Å². The van der Waals surface area contributed by atoms with Gasteiger partial charge in [0.1, 0.15) is 0 Å². The van der Waals surface area contributed by atoms with Gasteiger partial charge in [-0.25, -0.2) is 9.97 Å². The van der Waals surface area contributed by atoms with Gasteiger partial charge in [-0.15, -0.1) is 0 Å². The number of aliphatic hydroxyl groups excluding tert-OH is 1. The van der Waals surface area contributed by atoms with Crippen LogP contribution < -0.4 is 11.1 Å². The van der Waals surface area contributed by atoms with Gasteiger partial charge in [-0.3, -0.25) is 0 Å². The molecule has 2 atom stereocenters. The fraction of sp³-hybridized carbons (Fsp3) is 0.667. The molecule has 1 aromatic heterocycles. The van der Waals surface area contributed by atoms with Gasteiger partial charge in [0, 0.05) is 13.2 Å². The SMILES string of the molecule is Nc1cnc(NCC2CCCCC2CO)nc1. The van der Waals surface area contributed by atoms with Crippen molar-refractivity contribution in [3.8, 4) is 0 Å². The summed E-state index contributed by atoms with van der Waals surface area (Å²) >= 11 is 0. The largest absolute Gasteiger partial charge is 0.396 e. The van der Waals surface area contributed by atoms with E-state index in [2.05, 4.69) is 15.3 Å². The third-order valence-electron chi connectivity index (χ3n) is 3.50. The zero-order valence-electron chi connectivity index (χ0n) is 9.97. The molecule has 17 heavy (non-hydrogen) atoms. The highest BCUT2D eigenvalue weighted by atomic mass is 16.3. The topological polar surface area (TPSA) is 84.1 Å². The molecule has 4 N–H and O–H groups in total. The van der Waals surface area contributed by atoms with Crippen LogP contribution in [0.25, 0.3) is 0 Å². The number of nitrogens with two attached hydrogens (primary N) is 1. The van der Waals surface area contributed by atoms with Gasteiger partial charge < -0.3 is 16.2 Å². The molecule has 0 bridgehead atoms. The first kappa shape index (κ1) is 12.1. The quantitative estimate of drug-likeness (QED) is 0.733. The molecule has 0 saturated heterocycles. The van der Waals surface area contributed by atoms with Crippen molar-refractivity contribution in [2.75, 3.05) is 24.2 Å². The summed E-state index contributed by atoms with van der Waals surface area (Å²) in [5.41, 5.74) is 6.09. The van der Waals surface area contributed by atoms with E-state index in [0.29, 0.717) is 23.5 Å². The van der Waals surface area contributed by atoms with Gasteiger partial charge in [-0.05, 0) is 24.7 Å². The standard InChI is InChI=1S/C12H20N4O/c13-11-6-15-12(16-7-11)14-5-9-3-1-2-4-10(9)8-17/h6-7,9-10,17H,1-5,8,13H2,(H,14,15,16). The van der Waals surface area contributed by atoms with Crippen LogP contribution >= 0.6 is 0 Å². The lowest BCUT2D eigenvalue weighted by Gasteiger charge is -2.30. The fourth-order valence-corrected chi connectivity index (χ4v) is 2.45. The average molecular weight is 236 g/mol. The predicted octanol–water partition coefficient (Wildman–Crippen LogP) is 1.27. The minimum absolute atomic E-state index is 0.287. The Hall–Kier alpha value is -1.36. The fourth-order valence-electron chi connectivity index (χ4n) is 2.45. The highest BCUT2D eigenvalue weighted by Crippen LogP contribution is 2.29. The maximum atomic E-state index is 9.32. The van der Waals surface area contributed by atoms with Crippen molar-refractivity contribution in [3.05, 3.63) is 12.4 Å². The van der Waals surface area contributed by atoms with Gasteiger partial charge in [0.15, 0.2) is 0 Å². The molecule has 5 heteroatoms. The number of nitrogens with one attached hydrogen (secondary N) is 1. The Labute approximate surface area is 101 Å². The summed E-state index contributed by atoms with van der Waals surface area (Å²) in [6.45, 7) is 1.12. The molecular formula is C12H20N4O. The van der Waals surface area contributed by atoms with Crippen LogP contribution in [-0.4, -0.2) is 28.2 Å². The second-order valence-electron chi connectivity index (χ2n) is 4.71. The number of aliphatic hydroxyl groups is 1. The number of nitrogen functional groups attached to an aromatic ring is 1. The van der Waals surface area contributed by atoms with Gasteiger partial charge in [-0.1, -0.05) is 12.8 Å². The number of hydrogen-bond acceptors (Lipinski definition) is 5. The zero-order valence-corrected chi connectivity index (χ0v) is 9.97. The molecule has 1 fully saturated rings. The van der Waals surface area contributed by atoms with Crippen LogP contribution in [0, 0.1) is 11.8 Å². The molecule has 0 aliphatic heterocycles. The van der Waals surface area contributed by atoms with Gasteiger partial charge in [0.25, 0.3) is 0 Å². The van der Waals surface area contributed by atoms with Crippen molar-refractivity contribution >= 4 is 11.6 Å². The van der Waals surface area contributed by atoms with E-state index in [9.17, 15) is 5.11 Å². The maximum Gasteiger partial charge on any atom is 0.222 e. The molecule has 0 aromatic carbocycles. The molecule has 1 saturated carbocycles. The zero-order chi connectivity index (χ0) is 12.1. The van der Waals surface area contributed by atoms with Crippen LogP contribution in [0.4, 0.5) is 11.6 Å². The molecule has 2 unspecified atom stereocenters. The summed E-state index contributed by atoms with van der Waals surface area (Å²) in [6, 6.07) is 0. The molecule has 5 nitrogen and oxygen atoms in total. The summed E-state index contributed by atoms with van der Waals surface area (Å²) in [5.74, 6) is 1.56. The number of aromatic nitrogens is 2. The number of anilines is 2. The molecule has 2 rings (SSSR count). The molecule has 1 aliphatic carbocycles. The van der Waals surface area contributed by atoms with Crippen LogP contribution in [-0.2, 0) is 0 Å². The summed E-state index contributed by atoms with van der Waals surface area (Å²) < 4.78 is 0. The number of nitrogens with zero attached hydrogens (tertiary/aromatic N) is 2. The molecule has 1 aliphatic rings. The van der Waals surface area contributed by atoms with Gasteiger partial charge >= 0.3 is 0 Å². The molecule has 0 spiro atoms. The minimum Gasteiger partial charge on any atom is -0.396 e. The lowest BCUT2D eigenvalue weighted by Crippen LogP contribution is -2.29. The maximum absolute atomic E-state index is 9.32. The molecule has 94 valence electrons. The van der Waals surface area contributed by atoms with E-state index in [4.69, 9.17) is 5.73 Å². The molecule has 0 amide bonds. The van der Waals surface area contributed by atoms with Gasteiger partial charge in [0.05, 0.1) is 18.1 Å². The first-order valence-corrected chi connectivity index (χ1v) is 6.22. The van der Waals surface area contributed by atoms with E-state index in [1.807, 2.05) is 0 Å². The van der Waals surface area contributed by atoms with E-state index in [-0.39, 0.29) is 6.61 Å². The lowest BCUT2D eigenvalue weighted by atomic mass is 9.80. The van der Waals surface area contributed by atoms with Crippen molar-refractivity contribution in [3.63, 3.8) is 0 Å². The van der Waals surface area contributed by atoms with Crippen molar-refractivity contribution < 1.29 is 5.11 Å². The second kappa shape index (κ2) is 5.82. The first-order chi connectivity index (χ1) is 8.29. The van der Waals surface area contributed by atoms with Crippen molar-refractivity contribution in [1.82, 2.24) is 9.97 Å². The Morgan fingerprint density at radius 2 is 1.88 bits per heavy atom. The van der Waals surface area contributed by atoms with E-state index in [1.165, 1.54) is 19.3 Å². The van der Waals surface area contributed by atoms with Crippen molar-refractivity contribution in [1.29, 1.82) is 0 Å². The minimum atomic E-state index is 0.287. The van der Waals surface area contributed by atoms with Crippen molar-refractivity contribution in [2.24, 2.45) is 11.8 Å². The van der Waals surface area contributed by atoms with E-state index in [0.717, 1.165) is 13.0 Å². The Morgan fingerprint density at radius 1 is 1.24 bits per heavy atom. The van der Waals surface area contributed by atoms with Crippen LogP contribution in [0.2, 0.25) is 0 Å². The van der Waals surface area contributed by atoms with Crippen LogP contribution in [0.1, 0.15) is 25.7 Å². The Balaban J connectivity index is 1.86. The normalized spacial score (nSPS) is 24.5. The Kier molecular flexibility index (Phi) is 4.14. The summed E-state index contributed by atoms with van der Waals surface area (Å²) in [7, 11) is 0. The smallest absolute Gasteiger partial charge is 0.222 e. The van der Waals surface area contributed by atoms with Crippen molar-refractivity contribution in [2.45, 2.75) is 25.7 Å². The summed E-state index contributed by atoms with van der Waals surface area (Å²) in [4.78, 5) is 8.21. The highest BCUT2D eigenvalue weighted by Gasteiger charge is 2.24. The van der Waals surface area contributed by atoms with E-state index < -0.39 is 0 Å². The van der Waals surface area contributed by atoms with E-state index in [1.54, 1.807) is 12.4 Å². The predicted molar refractivity (Wildman–Crippen MR) is 67.5 cm³/mol. The third-order valence-corrected chi connectivity index (χ3v) is 3.50. The molecule has 0 radical (unpaired) electrons.